The van der Waals surface area contributed by atoms with E-state index in [4.69, 9.17) is 0 Å². The van der Waals surface area contributed by atoms with Crippen molar-refractivity contribution in [2.75, 3.05) is 12.3 Å². The molecule has 0 aliphatic heterocycles. The number of aromatic nitrogens is 3. The molecule has 0 fully saturated rings. The molecule has 3 amide bonds. The maximum absolute atomic E-state index is 12.3. The average molecular weight is 452 g/mol. The van der Waals surface area contributed by atoms with Gasteiger partial charge in [-0.15, -0.1) is 10.2 Å². The van der Waals surface area contributed by atoms with Crippen molar-refractivity contribution >= 4 is 23.7 Å². The lowest BCUT2D eigenvalue weighted by molar-refractivity contribution is -0.117. The zero-order valence-corrected chi connectivity index (χ0v) is 19.5. The third kappa shape index (κ3) is 6.43. The van der Waals surface area contributed by atoms with Crippen LogP contribution in [0.3, 0.4) is 0 Å². The molecule has 168 valence electrons. The molecule has 1 aromatic heterocycles. The van der Waals surface area contributed by atoms with Crippen LogP contribution in [-0.2, 0) is 11.2 Å². The first kappa shape index (κ1) is 23.5. The number of carbonyl (C=O) groups is 2. The molecule has 0 saturated carbocycles. The van der Waals surface area contributed by atoms with E-state index in [0.717, 1.165) is 35.5 Å². The third-order valence-corrected chi connectivity index (χ3v) is 5.83. The van der Waals surface area contributed by atoms with Crippen LogP contribution in [0, 0.1) is 13.8 Å². The van der Waals surface area contributed by atoms with Gasteiger partial charge in [0.05, 0.1) is 11.4 Å². The van der Waals surface area contributed by atoms with Crippen molar-refractivity contribution in [3.63, 3.8) is 0 Å². The van der Waals surface area contributed by atoms with Gasteiger partial charge in [-0.2, -0.15) is 0 Å². The molecule has 0 aliphatic rings. The van der Waals surface area contributed by atoms with Crippen molar-refractivity contribution in [3.8, 4) is 5.69 Å². The van der Waals surface area contributed by atoms with Crippen LogP contribution >= 0.6 is 11.8 Å². The molecule has 32 heavy (non-hydrogen) atoms. The van der Waals surface area contributed by atoms with Gasteiger partial charge in [-0.05, 0) is 37.5 Å². The van der Waals surface area contributed by atoms with Crippen molar-refractivity contribution < 1.29 is 9.59 Å². The zero-order chi connectivity index (χ0) is 22.9. The molecule has 2 aromatic carbocycles. The summed E-state index contributed by atoms with van der Waals surface area (Å²) < 4.78 is 2.00. The maximum Gasteiger partial charge on any atom is 0.321 e. The molecule has 3 rings (SSSR count). The minimum atomic E-state index is -0.468. The van der Waals surface area contributed by atoms with Crippen molar-refractivity contribution in [1.82, 2.24) is 25.4 Å². The number of benzene rings is 2. The molecule has 0 saturated heterocycles. The average Bonchev–Trinajstić information content (AvgIpc) is 3.15. The molecule has 0 atom stereocenters. The highest BCUT2D eigenvalue weighted by molar-refractivity contribution is 7.99. The van der Waals surface area contributed by atoms with Crippen molar-refractivity contribution in [1.29, 1.82) is 0 Å². The molecule has 1 heterocycles. The second kappa shape index (κ2) is 11.5. The van der Waals surface area contributed by atoms with E-state index in [1.165, 1.54) is 17.3 Å². The molecule has 0 radical (unpaired) electrons. The largest absolute Gasteiger partial charge is 0.338 e. The molecule has 7 nitrogen and oxygen atoms in total. The van der Waals surface area contributed by atoms with E-state index < -0.39 is 6.03 Å². The first-order valence-corrected chi connectivity index (χ1v) is 11.7. The number of hydrogen-bond donors (Lipinski definition) is 2. The number of nitrogens with one attached hydrogen (secondary N) is 2. The van der Waals surface area contributed by atoms with Crippen LogP contribution in [-0.4, -0.2) is 39.0 Å². The van der Waals surface area contributed by atoms with E-state index in [9.17, 15) is 9.59 Å². The van der Waals surface area contributed by atoms with E-state index in [0.29, 0.717) is 18.1 Å². The normalized spacial score (nSPS) is 10.7. The van der Waals surface area contributed by atoms with Crippen LogP contribution in [0.4, 0.5) is 4.79 Å². The summed E-state index contributed by atoms with van der Waals surface area (Å²) >= 11 is 1.26. The summed E-state index contributed by atoms with van der Waals surface area (Å²) in [4.78, 5) is 24.1. The fraction of sp³-hybridized carbons (Fsp3) is 0.333. The van der Waals surface area contributed by atoms with Crippen LogP contribution in [0.2, 0.25) is 0 Å². The minimum absolute atomic E-state index is 0.0651. The first-order valence-electron chi connectivity index (χ1n) is 10.7. The molecular weight excluding hydrogens is 422 g/mol. The van der Waals surface area contributed by atoms with Gasteiger partial charge >= 0.3 is 6.03 Å². The Bertz CT molecular complexity index is 1070. The van der Waals surface area contributed by atoms with Gasteiger partial charge < -0.3 is 5.32 Å². The number of imide groups is 1. The zero-order valence-electron chi connectivity index (χ0n) is 18.7. The van der Waals surface area contributed by atoms with Gasteiger partial charge in [0.2, 0.25) is 5.91 Å². The maximum atomic E-state index is 12.3. The lowest BCUT2D eigenvalue weighted by Gasteiger charge is -2.13. The topological polar surface area (TPSA) is 88.9 Å². The predicted octanol–water partition coefficient (Wildman–Crippen LogP) is 4.19. The number of unbranched alkanes of at least 4 members (excludes halogenated alkanes) is 1. The van der Waals surface area contributed by atoms with Crippen LogP contribution in [0.25, 0.3) is 5.69 Å². The smallest absolute Gasteiger partial charge is 0.321 e. The highest BCUT2D eigenvalue weighted by Crippen LogP contribution is 2.26. The highest BCUT2D eigenvalue weighted by atomic mass is 32.2. The van der Waals surface area contributed by atoms with Gasteiger partial charge in [0.25, 0.3) is 0 Å². The van der Waals surface area contributed by atoms with Crippen molar-refractivity contribution in [3.05, 3.63) is 71.0 Å². The summed E-state index contributed by atoms with van der Waals surface area (Å²) in [5, 5.41) is 14.4. The molecular formula is C24H29N5O2S. The number of urea groups is 1. The van der Waals surface area contributed by atoms with Gasteiger partial charge in [-0.3, -0.25) is 14.7 Å². The minimum Gasteiger partial charge on any atom is -0.338 e. The second-order valence-corrected chi connectivity index (χ2v) is 8.58. The van der Waals surface area contributed by atoms with E-state index >= 15 is 0 Å². The van der Waals surface area contributed by atoms with E-state index in [1.807, 2.05) is 35.8 Å². The van der Waals surface area contributed by atoms with Gasteiger partial charge in [-0.25, -0.2) is 4.79 Å². The number of rotatable bonds is 9. The second-order valence-electron chi connectivity index (χ2n) is 7.63. The number of aryl methyl sites for hydroxylation is 2. The fourth-order valence-corrected chi connectivity index (χ4v) is 4.06. The van der Waals surface area contributed by atoms with Crippen LogP contribution < -0.4 is 10.6 Å². The molecule has 0 aliphatic carbocycles. The Morgan fingerprint density at radius 2 is 1.84 bits per heavy atom. The van der Waals surface area contributed by atoms with Crippen molar-refractivity contribution in [2.45, 2.75) is 45.2 Å². The molecule has 3 aromatic rings. The molecule has 2 N–H and O–H groups in total. The lowest BCUT2D eigenvalue weighted by atomic mass is 10.1. The van der Waals surface area contributed by atoms with Crippen LogP contribution in [0.1, 0.15) is 42.3 Å². The molecule has 0 spiro atoms. The molecule has 0 bridgehead atoms. The Hall–Kier alpha value is -3.13. The van der Waals surface area contributed by atoms with E-state index in [2.05, 4.69) is 58.9 Å². The fourth-order valence-electron chi connectivity index (χ4n) is 3.30. The quantitative estimate of drug-likeness (QED) is 0.376. The third-order valence-electron chi connectivity index (χ3n) is 4.90. The van der Waals surface area contributed by atoms with Crippen LogP contribution in [0.5, 0.6) is 0 Å². The molecule has 8 heteroatoms. The Kier molecular flexibility index (Phi) is 8.44. The first-order chi connectivity index (χ1) is 15.5. The number of carbonyl (C=O) groups excluding carboxylic acids is 2. The Morgan fingerprint density at radius 3 is 2.56 bits per heavy atom. The van der Waals surface area contributed by atoms with E-state index in [-0.39, 0.29) is 11.7 Å². The predicted molar refractivity (Wildman–Crippen MR) is 127 cm³/mol. The van der Waals surface area contributed by atoms with Crippen molar-refractivity contribution in [2.24, 2.45) is 0 Å². The summed E-state index contributed by atoms with van der Waals surface area (Å²) in [5.41, 5.74) is 4.38. The van der Waals surface area contributed by atoms with Crippen LogP contribution in [0.15, 0.2) is 53.7 Å². The Labute approximate surface area is 193 Å². The summed E-state index contributed by atoms with van der Waals surface area (Å²) in [5.74, 6) is 0.488. The monoisotopic (exact) mass is 451 g/mol. The van der Waals surface area contributed by atoms with Gasteiger partial charge in [0.15, 0.2) is 5.16 Å². The standard InChI is InChI=1S/C24H29N5O2S/c1-4-5-13-25-23(31)26-22(30)16-32-24-28-27-21(15-19-9-7-6-8-10-19)29(24)20-12-11-17(2)14-18(20)3/h6-12,14H,4-5,13,15-16H2,1-3H3,(H2,25,26,30,31). The lowest BCUT2D eigenvalue weighted by Crippen LogP contribution is -2.40. The Balaban J connectivity index is 1.78. The highest BCUT2D eigenvalue weighted by Gasteiger charge is 2.18. The summed E-state index contributed by atoms with van der Waals surface area (Å²) in [6.45, 7) is 6.70. The van der Waals surface area contributed by atoms with Gasteiger partial charge in [0, 0.05) is 13.0 Å². The SMILES string of the molecule is CCCCNC(=O)NC(=O)CSc1nnc(Cc2ccccc2)n1-c1ccc(C)cc1C. The number of hydrogen-bond acceptors (Lipinski definition) is 5. The van der Waals surface area contributed by atoms with E-state index in [1.54, 1.807) is 0 Å². The number of nitrogens with zero attached hydrogens (tertiary/aromatic N) is 3. The Morgan fingerprint density at radius 1 is 1.06 bits per heavy atom. The number of thioether (sulfide) groups is 1. The molecule has 0 unspecified atom stereocenters. The van der Waals surface area contributed by atoms with Gasteiger partial charge in [0.1, 0.15) is 5.82 Å². The summed E-state index contributed by atoms with van der Waals surface area (Å²) in [6, 6.07) is 15.8. The van der Waals surface area contributed by atoms with Gasteiger partial charge in [-0.1, -0.05) is 73.1 Å². The number of amides is 3. The summed E-state index contributed by atoms with van der Waals surface area (Å²) in [7, 11) is 0. The summed E-state index contributed by atoms with van der Waals surface area (Å²) in [6.07, 6.45) is 2.47.